The normalized spacial score (nSPS) is 14.2. The Labute approximate surface area is 295 Å². The van der Waals surface area contributed by atoms with Crippen molar-refractivity contribution in [3.63, 3.8) is 0 Å². The van der Waals surface area contributed by atoms with Crippen LogP contribution in [0.25, 0.3) is 0 Å². The summed E-state index contributed by atoms with van der Waals surface area (Å²) in [6.07, 6.45) is 4.87. The van der Waals surface area contributed by atoms with E-state index in [9.17, 15) is 28.1 Å². The summed E-state index contributed by atoms with van der Waals surface area (Å²) in [6, 6.07) is 11.5. The van der Waals surface area contributed by atoms with E-state index in [-0.39, 0.29) is 57.0 Å². The second-order valence-corrected chi connectivity index (χ2v) is 14.6. The minimum absolute atomic E-state index is 0.0499. The van der Waals surface area contributed by atoms with Crippen molar-refractivity contribution in [2.45, 2.75) is 75.9 Å². The van der Waals surface area contributed by atoms with Crippen molar-refractivity contribution in [1.29, 1.82) is 0 Å². The number of amides is 2. The van der Waals surface area contributed by atoms with Gasteiger partial charge in [-0.25, -0.2) is 8.42 Å². The lowest BCUT2D eigenvalue weighted by atomic mass is 9.95. The second-order valence-electron chi connectivity index (χ2n) is 11.5. The van der Waals surface area contributed by atoms with Crippen LogP contribution in [0.4, 0.5) is 11.4 Å². The van der Waals surface area contributed by atoms with Crippen molar-refractivity contribution in [3.8, 4) is 5.75 Å². The van der Waals surface area contributed by atoms with Gasteiger partial charge in [0, 0.05) is 44.8 Å². The Bertz CT molecular complexity index is 1760. The molecule has 0 saturated heterocycles. The molecule has 1 aliphatic carbocycles. The zero-order valence-corrected chi connectivity index (χ0v) is 29.8. The number of carbonyl (C=O) groups is 2. The van der Waals surface area contributed by atoms with Crippen molar-refractivity contribution in [1.82, 2.24) is 10.2 Å². The SMILES string of the molecule is CC[C@@H](C(=O)NC1CCCCC1)N(Cc1c(Cl)cccc1Cl)C(=O)CN(c1cc(Cl)ccc1OC)S(=O)(=O)c1ccc(C)c([N+](=O)[O-])c1. The third-order valence-electron chi connectivity index (χ3n) is 8.38. The average Bonchev–Trinajstić information content (AvgIpc) is 3.05. The maximum Gasteiger partial charge on any atom is 0.273 e. The van der Waals surface area contributed by atoms with E-state index in [1.54, 1.807) is 25.1 Å². The van der Waals surface area contributed by atoms with Crippen molar-refractivity contribution in [2.24, 2.45) is 0 Å². The molecule has 11 nitrogen and oxygen atoms in total. The maximum atomic E-state index is 14.5. The molecule has 258 valence electrons. The second kappa shape index (κ2) is 16.2. The van der Waals surface area contributed by atoms with E-state index in [2.05, 4.69) is 5.32 Å². The Balaban J connectivity index is 1.83. The third kappa shape index (κ3) is 8.52. The first kappa shape index (κ1) is 37.2. The number of hydrogen-bond acceptors (Lipinski definition) is 7. The molecular weight excluding hydrogens is 703 g/mol. The standard InChI is InChI=1S/C33H37Cl3N4O7S/c1-4-28(33(42)37-23-9-6-5-7-10-23)38(19-25-26(35)11-8-12-27(25)36)32(41)20-39(30-17-22(34)14-16-31(30)47-3)48(45,46)24-15-13-21(2)29(18-24)40(43)44/h8,11-18,23,28H,4-7,9-10,19-20H2,1-3H3,(H,37,42)/t28-/m0/s1. The molecule has 3 aromatic rings. The third-order valence-corrected chi connectivity index (χ3v) is 11.1. The molecule has 0 bridgehead atoms. The van der Waals surface area contributed by atoms with E-state index in [0.717, 1.165) is 42.5 Å². The van der Waals surface area contributed by atoms with E-state index >= 15 is 0 Å². The lowest BCUT2D eigenvalue weighted by Gasteiger charge is -2.35. The molecule has 0 spiro atoms. The summed E-state index contributed by atoms with van der Waals surface area (Å²) in [6.45, 7) is 2.21. The number of hydrogen-bond donors (Lipinski definition) is 1. The topological polar surface area (TPSA) is 139 Å². The number of aryl methyl sites for hydroxylation is 1. The van der Waals surface area contributed by atoms with Crippen LogP contribution in [-0.2, 0) is 26.2 Å². The number of carbonyl (C=O) groups excluding carboxylic acids is 2. The van der Waals surface area contributed by atoms with Gasteiger partial charge in [0.1, 0.15) is 18.3 Å². The summed E-state index contributed by atoms with van der Waals surface area (Å²) in [7, 11) is -3.36. The van der Waals surface area contributed by atoms with E-state index in [0.29, 0.717) is 5.56 Å². The fourth-order valence-electron chi connectivity index (χ4n) is 5.76. The minimum atomic E-state index is -4.68. The van der Waals surface area contributed by atoms with Crippen molar-refractivity contribution in [3.05, 3.63) is 90.9 Å². The van der Waals surface area contributed by atoms with Crippen molar-refractivity contribution >= 4 is 68.0 Å². The van der Waals surface area contributed by atoms with Crippen LogP contribution in [0.2, 0.25) is 15.1 Å². The molecule has 1 N–H and O–H groups in total. The van der Waals surface area contributed by atoms with E-state index in [1.165, 1.54) is 49.3 Å². The fraction of sp³-hybridized carbons (Fsp3) is 0.394. The minimum Gasteiger partial charge on any atom is -0.495 e. The van der Waals surface area contributed by atoms with Crippen molar-refractivity contribution < 1.29 is 27.7 Å². The fourth-order valence-corrected chi connectivity index (χ4v) is 7.88. The molecule has 0 unspecified atom stereocenters. The Kier molecular flexibility index (Phi) is 12.6. The van der Waals surface area contributed by atoms with E-state index in [4.69, 9.17) is 39.5 Å². The Hall–Kier alpha value is -3.58. The van der Waals surface area contributed by atoms with Crippen LogP contribution in [0.3, 0.4) is 0 Å². The zero-order valence-electron chi connectivity index (χ0n) is 26.7. The van der Waals surface area contributed by atoms with Gasteiger partial charge in [-0.1, -0.05) is 73.1 Å². The predicted octanol–water partition coefficient (Wildman–Crippen LogP) is 7.32. The summed E-state index contributed by atoms with van der Waals surface area (Å²) in [4.78, 5) is 40.2. The van der Waals surface area contributed by atoms with Gasteiger partial charge in [0.05, 0.1) is 22.6 Å². The molecule has 0 aliphatic heterocycles. The lowest BCUT2D eigenvalue weighted by Crippen LogP contribution is -2.54. The summed E-state index contributed by atoms with van der Waals surface area (Å²) in [5.74, 6) is -1.08. The number of sulfonamides is 1. The number of nitrogens with one attached hydrogen (secondary N) is 1. The highest BCUT2D eigenvalue weighted by molar-refractivity contribution is 7.92. The molecule has 15 heteroatoms. The maximum absolute atomic E-state index is 14.5. The number of benzene rings is 3. The molecule has 1 fully saturated rings. The number of methoxy groups -OCH3 is 1. The lowest BCUT2D eigenvalue weighted by molar-refractivity contribution is -0.385. The Morgan fingerprint density at radius 1 is 1.04 bits per heavy atom. The Morgan fingerprint density at radius 2 is 1.71 bits per heavy atom. The van der Waals surface area contributed by atoms with Gasteiger partial charge in [-0.3, -0.25) is 24.0 Å². The predicted molar refractivity (Wildman–Crippen MR) is 186 cm³/mol. The molecule has 1 saturated carbocycles. The van der Waals surface area contributed by atoms with E-state index in [1.807, 2.05) is 0 Å². The van der Waals surface area contributed by atoms with Crippen LogP contribution in [0.15, 0.2) is 59.5 Å². The highest BCUT2D eigenvalue weighted by Crippen LogP contribution is 2.36. The van der Waals surface area contributed by atoms with Gasteiger partial charge in [0.2, 0.25) is 11.8 Å². The van der Waals surface area contributed by atoms with Gasteiger partial charge < -0.3 is 15.0 Å². The van der Waals surface area contributed by atoms with Gasteiger partial charge in [-0.05, 0) is 62.6 Å². The number of nitro benzene ring substituents is 1. The molecule has 3 aromatic carbocycles. The average molecular weight is 740 g/mol. The van der Waals surface area contributed by atoms with Gasteiger partial charge in [-0.2, -0.15) is 0 Å². The van der Waals surface area contributed by atoms with Crippen LogP contribution in [-0.4, -0.2) is 55.8 Å². The smallest absolute Gasteiger partial charge is 0.273 e. The molecule has 4 rings (SSSR count). The zero-order chi connectivity index (χ0) is 35.2. The molecule has 1 aliphatic rings. The quantitative estimate of drug-likeness (QED) is 0.143. The first-order valence-corrected chi connectivity index (χ1v) is 18.0. The molecule has 0 heterocycles. The highest BCUT2D eigenvalue weighted by Gasteiger charge is 2.36. The van der Waals surface area contributed by atoms with Crippen LogP contribution in [0.1, 0.15) is 56.6 Å². The van der Waals surface area contributed by atoms with E-state index < -0.39 is 44.0 Å². The first-order chi connectivity index (χ1) is 22.8. The van der Waals surface area contributed by atoms with Crippen LogP contribution < -0.4 is 14.4 Å². The first-order valence-electron chi connectivity index (χ1n) is 15.4. The summed E-state index contributed by atoms with van der Waals surface area (Å²) in [5.41, 5.74) is 0.124. The number of nitro groups is 1. The summed E-state index contributed by atoms with van der Waals surface area (Å²) < 4.78 is 35.0. The molecule has 1 atom stereocenters. The van der Waals surface area contributed by atoms with Gasteiger partial charge in [-0.15, -0.1) is 0 Å². The van der Waals surface area contributed by atoms with Crippen LogP contribution >= 0.6 is 34.8 Å². The Morgan fingerprint density at radius 3 is 2.31 bits per heavy atom. The molecular formula is C33H37Cl3N4O7S. The van der Waals surface area contributed by atoms with Gasteiger partial charge >= 0.3 is 0 Å². The van der Waals surface area contributed by atoms with Gasteiger partial charge in [0.25, 0.3) is 15.7 Å². The summed E-state index contributed by atoms with van der Waals surface area (Å²) in [5, 5.41) is 15.5. The van der Waals surface area contributed by atoms with Crippen LogP contribution in [0.5, 0.6) is 5.75 Å². The largest absolute Gasteiger partial charge is 0.495 e. The number of rotatable bonds is 13. The molecule has 0 radical (unpaired) electrons. The van der Waals surface area contributed by atoms with Gasteiger partial charge in [0.15, 0.2) is 0 Å². The molecule has 2 amide bonds. The summed E-state index contributed by atoms with van der Waals surface area (Å²) >= 11 is 19.3. The number of nitrogens with zero attached hydrogens (tertiary/aromatic N) is 3. The highest BCUT2D eigenvalue weighted by atomic mass is 35.5. The molecule has 48 heavy (non-hydrogen) atoms. The molecule has 0 aromatic heterocycles. The van der Waals surface area contributed by atoms with Crippen molar-refractivity contribution in [2.75, 3.05) is 18.0 Å². The van der Waals surface area contributed by atoms with Crippen LogP contribution in [0, 0.1) is 17.0 Å². The number of ether oxygens (including phenoxy) is 1. The monoisotopic (exact) mass is 738 g/mol. The number of anilines is 1. The number of halogens is 3.